The molecule has 3 aromatic heterocycles. The predicted molar refractivity (Wildman–Crippen MR) is 112 cm³/mol. The molecular formula is C22H20N6. The molecule has 0 aliphatic carbocycles. The SMILES string of the molecule is Cc1ccc(-c2cccn3nc(Nc4ccc5c(cnn5C)c4)nc23)c(C)c1. The third-order valence-corrected chi connectivity index (χ3v) is 5.04. The van der Waals surface area contributed by atoms with Crippen molar-refractivity contribution < 1.29 is 0 Å². The second-order valence-corrected chi connectivity index (χ2v) is 7.11. The smallest absolute Gasteiger partial charge is 0.247 e. The van der Waals surface area contributed by atoms with E-state index < -0.39 is 0 Å². The van der Waals surface area contributed by atoms with Crippen LogP contribution in [0.4, 0.5) is 11.6 Å². The first-order chi connectivity index (χ1) is 13.6. The molecule has 0 saturated heterocycles. The van der Waals surface area contributed by atoms with Gasteiger partial charge < -0.3 is 5.32 Å². The van der Waals surface area contributed by atoms with E-state index in [1.807, 2.05) is 46.8 Å². The van der Waals surface area contributed by atoms with Gasteiger partial charge >= 0.3 is 0 Å². The lowest BCUT2D eigenvalue weighted by Crippen LogP contribution is -1.93. The topological polar surface area (TPSA) is 60.0 Å². The highest BCUT2D eigenvalue weighted by atomic mass is 15.3. The number of rotatable bonds is 3. The molecule has 6 nitrogen and oxygen atoms in total. The molecule has 0 unspecified atom stereocenters. The number of aromatic nitrogens is 5. The Balaban J connectivity index is 1.56. The normalized spacial score (nSPS) is 11.4. The summed E-state index contributed by atoms with van der Waals surface area (Å²) < 4.78 is 3.68. The van der Waals surface area contributed by atoms with Crippen LogP contribution in [-0.2, 0) is 7.05 Å². The Hall–Kier alpha value is -3.67. The van der Waals surface area contributed by atoms with Crippen molar-refractivity contribution in [2.75, 3.05) is 5.32 Å². The maximum atomic E-state index is 4.75. The second kappa shape index (κ2) is 6.20. The van der Waals surface area contributed by atoms with Gasteiger partial charge in [0.1, 0.15) is 0 Å². The lowest BCUT2D eigenvalue weighted by atomic mass is 10.00. The standard InChI is InChI=1S/C22H20N6/c1-14-6-8-18(15(2)11-14)19-5-4-10-28-21(19)25-22(26-28)24-17-7-9-20-16(12-17)13-23-27(20)3/h4-13H,1-3H3,(H,24,26). The van der Waals surface area contributed by atoms with Crippen molar-refractivity contribution in [1.82, 2.24) is 24.4 Å². The van der Waals surface area contributed by atoms with E-state index in [0.29, 0.717) is 5.95 Å². The molecule has 6 heteroatoms. The van der Waals surface area contributed by atoms with Gasteiger partial charge in [-0.25, -0.2) is 4.52 Å². The third kappa shape index (κ3) is 2.70. The van der Waals surface area contributed by atoms with Crippen molar-refractivity contribution in [3.05, 3.63) is 72.1 Å². The zero-order chi connectivity index (χ0) is 19.3. The molecule has 0 radical (unpaired) electrons. The molecule has 5 aromatic rings. The van der Waals surface area contributed by atoms with Gasteiger partial charge in [-0.05, 0) is 55.3 Å². The predicted octanol–water partition coefficient (Wildman–Crippen LogP) is 4.64. The zero-order valence-electron chi connectivity index (χ0n) is 16.0. The highest BCUT2D eigenvalue weighted by Crippen LogP contribution is 2.28. The molecule has 5 rings (SSSR count). The van der Waals surface area contributed by atoms with Crippen LogP contribution in [0.15, 0.2) is 60.9 Å². The van der Waals surface area contributed by atoms with Crippen LogP contribution in [0.25, 0.3) is 27.7 Å². The van der Waals surface area contributed by atoms with Gasteiger partial charge in [0, 0.05) is 29.9 Å². The van der Waals surface area contributed by atoms with E-state index in [2.05, 4.69) is 59.7 Å². The number of hydrogen-bond donors (Lipinski definition) is 1. The molecule has 0 saturated carbocycles. The summed E-state index contributed by atoms with van der Waals surface area (Å²) in [4.78, 5) is 4.75. The van der Waals surface area contributed by atoms with E-state index in [-0.39, 0.29) is 0 Å². The molecule has 0 fully saturated rings. The van der Waals surface area contributed by atoms with E-state index >= 15 is 0 Å². The van der Waals surface area contributed by atoms with Crippen molar-refractivity contribution in [1.29, 1.82) is 0 Å². The third-order valence-electron chi connectivity index (χ3n) is 5.04. The number of pyridine rings is 1. The van der Waals surface area contributed by atoms with Crippen LogP contribution in [0.3, 0.4) is 0 Å². The monoisotopic (exact) mass is 368 g/mol. The van der Waals surface area contributed by atoms with Gasteiger partial charge in [0.2, 0.25) is 5.95 Å². The fourth-order valence-electron chi connectivity index (χ4n) is 3.66. The van der Waals surface area contributed by atoms with E-state index in [1.165, 1.54) is 16.7 Å². The van der Waals surface area contributed by atoms with Gasteiger partial charge in [0.15, 0.2) is 5.65 Å². The Morgan fingerprint density at radius 3 is 2.71 bits per heavy atom. The molecule has 0 amide bonds. The van der Waals surface area contributed by atoms with Crippen molar-refractivity contribution in [3.63, 3.8) is 0 Å². The van der Waals surface area contributed by atoms with E-state index in [1.54, 1.807) is 0 Å². The van der Waals surface area contributed by atoms with Gasteiger partial charge in [0.25, 0.3) is 0 Å². The number of nitrogens with one attached hydrogen (secondary N) is 1. The molecular weight excluding hydrogens is 348 g/mol. The lowest BCUT2D eigenvalue weighted by molar-refractivity contribution is 0.797. The lowest BCUT2D eigenvalue weighted by Gasteiger charge is -2.07. The molecule has 0 spiro atoms. The molecule has 2 aromatic carbocycles. The minimum atomic E-state index is 0.570. The number of benzene rings is 2. The van der Waals surface area contributed by atoms with Gasteiger partial charge in [-0.3, -0.25) is 4.68 Å². The number of fused-ring (bicyclic) bond motifs is 2. The van der Waals surface area contributed by atoms with Crippen LogP contribution < -0.4 is 5.32 Å². The zero-order valence-corrected chi connectivity index (χ0v) is 16.0. The molecule has 1 N–H and O–H groups in total. The van der Waals surface area contributed by atoms with Crippen molar-refractivity contribution in [2.24, 2.45) is 7.05 Å². The largest absolute Gasteiger partial charge is 0.323 e. The Morgan fingerprint density at radius 2 is 1.86 bits per heavy atom. The molecule has 0 atom stereocenters. The maximum Gasteiger partial charge on any atom is 0.247 e. The number of anilines is 2. The highest BCUT2D eigenvalue weighted by molar-refractivity contribution is 5.84. The molecule has 138 valence electrons. The number of aryl methyl sites for hydroxylation is 3. The summed E-state index contributed by atoms with van der Waals surface area (Å²) >= 11 is 0. The minimum absolute atomic E-state index is 0.570. The Bertz CT molecular complexity index is 1330. The number of nitrogens with zero attached hydrogens (tertiary/aromatic N) is 5. The molecule has 28 heavy (non-hydrogen) atoms. The van der Waals surface area contributed by atoms with Gasteiger partial charge in [0.05, 0.1) is 11.7 Å². The summed E-state index contributed by atoms with van der Waals surface area (Å²) in [5, 5.41) is 13.3. The fourth-order valence-corrected chi connectivity index (χ4v) is 3.66. The maximum absolute atomic E-state index is 4.75. The quantitative estimate of drug-likeness (QED) is 0.504. The highest BCUT2D eigenvalue weighted by Gasteiger charge is 2.12. The Morgan fingerprint density at radius 1 is 0.964 bits per heavy atom. The van der Waals surface area contributed by atoms with Crippen LogP contribution in [0.1, 0.15) is 11.1 Å². The Kier molecular flexibility index (Phi) is 3.65. The fraction of sp³-hybridized carbons (Fsp3) is 0.136. The summed E-state index contributed by atoms with van der Waals surface area (Å²) in [5.41, 5.74) is 7.58. The number of hydrogen-bond acceptors (Lipinski definition) is 4. The summed E-state index contributed by atoms with van der Waals surface area (Å²) in [6, 6.07) is 16.7. The molecule has 0 aliphatic rings. The van der Waals surface area contributed by atoms with Gasteiger partial charge in [-0.1, -0.05) is 23.8 Å². The van der Waals surface area contributed by atoms with Gasteiger partial charge in [-0.2, -0.15) is 10.1 Å². The first-order valence-electron chi connectivity index (χ1n) is 9.20. The van der Waals surface area contributed by atoms with Crippen molar-refractivity contribution in [2.45, 2.75) is 13.8 Å². The minimum Gasteiger partial charge on any atom is -0.323 e. The molecule has 0 bridgehead atoms. The molecule has 0 aliphatic heterocycles. The Labute approximate surface area is 162 Å². The van der Waals surface area contributed by atoms with E-state index in [4.69, 9.17) is 4.98 Å². The average molecular weight is 368 g/mol. The second-order valence-electron chi connectivity index (χ2n) is 7.11. The summed E-state index contributed by atoms with van der Waals surface area (Å²) in [6.07, 6.45) is 3.78. The van der Waals surface area contributed by atoms with E-state index in [9.17, 15) is 0 Å². The summed E-state index contributed by atoms with van der Waals surface area (Å²) in [5.74, 6) is 0.570. The van der Waals surface area contributed by atoms with Crippen molar-refractivity contribution in [3.8, 4) is 11.1 Å². The first kappa shape index (κ1) is 16.5. The average Bonchev–Trinajstić information content (AvgIpc) is 3.25. The summed E-state index contributed by atoms with van der Waals surface area (Å²) in [6.45, 7) is 4.24. The first-order valence-corrected chi connectivity index (χ1v) is 9.20. The van der Waals surface area contributed by atoms with Gasteiger partial charge in [-0.15, -0.1) is 5.10 Å². The molecule has 3 heterocycles. The summed E-state index contributed by atoms with van der Waals surface area (Å²) in [7, 11) is 1.94. The van der Waals surface area contributed by atoms with Crippen LogP contribution >= 0.6 is 0 Å². The van der Waals surface area contributed by atoms with Crippen LogP contribution in [0.2, 0.25) is 0 Å². The van der Waals surface area contributed by atoms with Crippen molar-refractivity contribution >= 4 is 28.2 Å². The van der Waals surface area contributed by atoms with E-state index in [0.717, 1.165) is 27.8 Å². The van der Waals surface area contributed by atoms with Crippen LogP contribution in [0, 0.1) is 13.8 Å². The van der Waals surface area contributed by atoms with Crippen LogP contribution in [0.5, 0.6) is 0 Å². The van der Waals surface area contributed by atoms with Crippen LogP contribution in [-0.4, -0.2) is 24.4 Å².